The van der Waals surface area contributed by atoms with E-state index in [1.807, 2.05) is 70.0 Å². The van der Waals surface area contributed by atoms with E-state index in [-0.39, 0.29) is 29.7 Å². The Hall–Kier alpha value is -4.94. The molecule has 5 heterocycles. The number of thioether (sulfide) groups is 1. The Labute approximate surface area is 298 Å². The van der Waals surface area contributed by atoms with E-state index in [9.17, 15) is 9.59 Å². The van der Waals surface area contributed by atoms with Gasteiger partial charge in [0.25, 0.3) is 0 Å². The fourth-order valence-electron chi connectivity index (χ4n) is 7.10. The van der Waals surface area contributed by atoms with E-state index >= 15 is 0 Å². The highest BCUT2D eigenvalue weighted by molar-refractivity contribution is 7.99. The van der Waals surface area contributed by atoms with Crippen LogP contribution in [0.2, 0.25) is 5.02 Å². The van der Waals surface area contributed by atoms with Gasteiger partial charge >= 0.3 is 0 Å². The number of hydrogen-bond acceptors (Lipinski definition) is 7. The van der Waals surface area contributed by atoms with Crippen LogP contribution >= 0.6 is 23.4 Å². The van der Waals surface area contributed by atoms with Crippen molar-refractivity contribution in [2.24, 2.45) is 0 Å². The Bertz CT molecular complexity index is 2170. The first-order valence-electron chi connectivity index (χ1n) is 16.8. The highest BCUT2D eigenvalue weighted by Gasteiger charge is 2.39. The number of rotatable bonds is 9. The number of aryl methyl sites for hydroxylation is 1. The van der Waals surface area contributed by atoms with Gasteiger partial charge in [0.1, 0.15) is 18.1 Å². The molecule has 0 aliphatic carbocycles. The van der Waals surface area contributed by atoms with E-state index in [1.54, 1.807) is 11.0 Å². The molecule has 0 saturated carbocycles. The molecule has 2 aliphatic heterocycles. The zero-order valence-corrected chi connectivity index (χ0v) is 29.2. The van der Waals surface area contributed by atoms with E-state index in [2.05, 4.69) is 61.5 Å². The van der Waals surface area contributed by atoms with Crippen molar-refractivity contribution in [3.8, 4) is 16.9 Å². The van der Waals surface area contributed by atoms with Gasteiger partial charge in [0.05, 0.1) is 24.2 Å². The summed E-state index contributed by atoms with van der Waals surface area (Å²) < 4.78 is 5.85. The highest BCUT2D eigenvalue weighted by Crippen LogP contribution is 2.31. The maximum Gasteiger partial charge on any atom is 0.247 e. The number of hydrogen-bond donors (Lipinski definition) is 0. The summed E-state index contributed by atoms with van der Waals surface area (Å²) >= 11 is 7.69. The first kappa shape index (κ1) is 32.3. The van der Waals surface area contributed by atoms with Gasteiger partial charge < -0.3 is 14.4 Å². The van der Waals surface area contributed by atoms with Gasteiger partial charge in [-0.25, -0.2) is 4.68 Å². The molecular formula is C37H36ClN9O2S. The average molecular weight is 706 g/mol. The van der Waals surface area contributed by atoms with Gasteiger partial charge in [-0.1, -0.05) is 83.2 Å². The summed E-state index contributed by atoms with van der Waals surface area (Å²) in [4.78, 5) is 30.8. The molecule has 50 heavy (non-hydrogen) atoms. The van der Waals surface area contributed by atoms with Crippen molar-refractivity contribution < 1.29 is 9.59 Å². The van der Waals surface area contributed by atoms with E-state index in [0.29, 0.717) is 42.8 Å². The highest BCUT2D eigenvalue weighted by atomic mass is 35.5. The molecule has 6 aromatic rings. The molecule has 11 nitrogen and oxygen atoms in total. The largest absolute Gasteiger partial charge is 0.342 e. The SMILES string of the molecule is Cc1ccc(-n2cnnc2SCC(=O)N2CCC(N3CCC(n4cc(Cn5c(-c6ccccc6)cc6ccccc65)nn4)C3=O)CC2)cc1Cl. The van der Waals surface area contributed by atoms with Gasteiger partial charge in [0.2, 0.25) is 11.8 Å². The molecule has 13 heteroatoms. The van der Waals surface area contributed by atoms with Crippen molar-refractivity contribution >= 4 is 46.1 Å². The number of likely N-dealkylation sites (tertiary alicyclic amines) is 2. The number of carbonyl (C=O) groups is 2. The van der Waals surface area contributed by atoms with Crippen LogP contribution in [0, 0.1) is 6.92 Å². The molecule has 0 bridgehead atoms. The predicted octanol–water partition coefficient (Wildman–Crippen LogP) is 6.05. The molecule has 2 fully saturated rings. The maximum absolute atomic E-state index is 13.7. The minimum Gasteiger partial charge on any atom is -0.342 e. The fraction of sp³-hybridized carbons (Fsp3) is 0.297. The summed E-state index contributed by atoms with van der Waals surface area (Å²) in [5.74, 6) is 0.388. The first-order chi connectivity index (χ1) is 24.4. The summed E-state index contributed by atoms with van der Waals surface area (Å²) in [5.41, 5.74) is 6.03. The van der Waals surface area contributed by atoms with Crippen LogP contribution in [0.15, 0.2) is 96.5 Å². The lowest BCUT2D eigenvalue weighted by Crippen LogP contribution is -2.48. The number of halogens is 1. The van der Waals surface area contributed by atoms with Crippen LogP contribution in [0.3, 0.4) is 0 Å². The average Bonchev–Trinajstić information content (AvgIpc) is 3.96. The normalized spacial score (nSPS) is 16.9. The summed E-state index contributed by atoms with van der Waals surface area (Å²) in [7, 11) is 0. The Kier molecular flexibility index (Phi) is 8.88. The summed E-state index contributed by atoms with van der Waals surface area (Å²) in [6.45, 7) is 4.40. The third-order valence-electron chi connectivity index (χ3n) is 9.82. The van der Waals surface area contributed by atoms with Crippen molar-refractivity contribution in [1.29, 1.82) is 0 Å². The van der Waals surface area contributed by atoms with Crippen LogP contribution in [0.1, 0.15) is 36.6 Å². The molecule has 0 N–H and O–H groups in total. The maximum atomic E-state index is 13.7. The number of para-hydroxylation sites is 1. The molecule has 254 valence electrons. The topological polar surface area (TPSA) is 107 Å². The quantitative estimate of drug-likeness (QED) is 0.169. The van der Waals surface area contributed by atoms with Gasteiger partial charge in [-0.05, 0) is 61.6 Å². The number of carbonyl (C=O) groups excluding carboxylic acids is 2. The Balaban J connectivity index is 0.873. The number of fused-ring (bicyclic) bond motifs is 1. The molecule has 2 aliphatic rings. The summed E-state index contributed by atoms with van der Waals surface area (Å²) in [6.07, 6.45) is 5.73. The number of piperidine rings is 1. The third-order valence-corrected chi connectivity index (χ3v) is 11.2. The van der Waals surface area contributed by atoms with Gasteiger partial charge in [-0.2, -0.15) is 0 Å². The lowest BCUT2D eigenvalue weighted by Gasteiger charge is -2.36. The van der Waals surface area contributed by atoms with Crippen LogP contribution in [0.4, 0.5) is 0 Å². The van der Waals surface area contributed by atoms with Gasteiger partial charge in [0, 0.05) is 47.3 Å². The second kappa shape index (κ2) is 13.8. The second-order valence-corrected chi connectivity index (χ2v) is 14.2. The fourth-order valence-corrected chi connectivity index (χ4v) is 8.11. The third kappa shape index (κ3) is 6.29. The van der Waals surface area contributed by atoms with E-state index in [0.717, 1.165) is 46.6 Å². The minimum atomic E-state index is -0.372. The first-order valence-corrected chi connectivity index (χ1v) is 18.2. The standard InChI is InChI=1S/C37H36ClN9O2S/c1-25-11-12-30(20-31(25)38)46-24-39-41-37(46)50-23-35(48)43-16-13-29(14-17-43)44-18-15-33(36(44)49)47-22-28(40-42-47)21-45-32-10-6-5-9-27(32)19-34(45)26-7-3-2-4-8-26/h2-12,19-20,22,24,29,33H,13-18,21,23H2,1H3. The van der Waals surface area contributed by atoms with Crippen LogP contribution in [-0.2, 0) is 16.1 Å². The second-order valence-electron chi connectivity index (χ2n) is 12.9. The van der Waals surface area contributed by atoms with E-state index in [1.165, 1.54) is 17.1 Å². The number of nitrogens with zero attached hydrogens (tertiary/aromatic N) is 9. The minimum absolute atomic E-state index is 0.0524. The zero-order valence-electron chi connectivity index (χ0n) is 27.6. The van der Waals surface area contributed by atoms with Gasteiger partial charge in [0.15, 0.2) is 5.16 Å². The Morgan fingerprint density at radius 1 is 0.940 bits per heavy atom. The van der Waals surface area contributed by atoms with Gasteiger partial charge in [-0.15, -0.1) is 15.3 Å². The molecule has 2 saturated heterocycles. The summed E-state index contributed by atoms with van der Waals surface area (Å²) in [6, 6.07) is 26.4. The van der Waals surface area contributed by atoms with E-state index < -0.39 is 0 Å². The Morgan fingerprint density at radius 2 is 1.74 bits per heavy atom. The lowest BCUT2D eigenvalue weighted by molar-refractivity contribution is -0.134. The molecule has 3 aromatic carbocycles. The zero-order chi connectivity index (χ0) is 34.2. The molecule has 1 atom stereocenters. The number of amides is 2. The molecular weight excluding hydrogens is 670 g/mol. The van der Waals surface area contributed by atoms with Crippen LogP contribution in [0.25, 0.3) is 27.8 Å². The lowest BCUT2D eigenvalue weighted by atomic mass is 10.0. The van der Waals surface area contributed by atoms with Gasteiger partial charge in [-0.3, -0.25) is 14.2 Å². The van der Waals surface area contributed by atoms with Crippen LogP contribution in [0.5, 0.6) is 0 Å². The summed E-state index contributed by atoms with van der Waals surface area (Å²) in [5, 5.41) is 19.7. The van der Waals surface area contributed by atoms with Crippen molar-refractivity contribution in [1.82, 2.24) is 44.1 Å². The Morgan fingerprint density at radius 3 is 2.56 bits per heavy atom. The van der Waals surface area contributed by atoms with E-state index in [4.69, 9.17) is 11.6 Å². The smallest absolute Gasteiger partial charge is 0.247 e. The number of aromatic nitrogens is 7. The monoisotopic (exact) mass is 705 g/mol. The number of benzene rings is 3. The van der Waals surface area contributed by atoms with Crippen LogP contribution < -0.4 is 0 Å². The molecule has 8 rings (SSSR count). The van der Waals surface area contributed by atoms with Crippen molar-refractivity contribution in [2.75, 3.05) is 25.4 Å². The van der Waals surface area contributed by atoms with Crippen molar-refractivity contribution in [3.63, 3.8) is 0 Å². The molecule has 2 amide bonds. The molecule has 3 aromatic heterocycles. The van der Waals surface area contributed by atoms with Crippen molar-refractivity contribution in [3.05, 3.63) is 108 Å². The molecule has 1 unspecified atom stereocenters. The van der Waals surface area contributed by atoms with Crippen LogP contribution in [-0.4, -0.2) is 87.4 Å². The van der Waals surface area contributed by atoms with Crippen molar-refractivity contribution in [2.45, 2.75) is 50.0 Å². The molecule has 0 spiro atoms. The molecule has 0 radical (unpaired) electrons. The predicted molar refractivity (Wildman–Crippen MR) is 193 cm³/mol.